The minimum Gasteiger partial charge on any atom is -0.385 e. The third-order valence-electron chi connectivity index (χ3n) is 2.11. The van der Waals surface area contributed by atoms with E-state index in [4.69, 9.17) is 0 Å². The molecule has 14 heavy (non-hydrogen) atoms. The molecule has 0 radical (unpaired) electrons. The molecular formula is C10H14N2O2. The Morgan fingerprint density at radius 3 is 2.50 bits per heavy atom. The van der Waals surface area contributed by atoms with Gasteiger partial charge in [-0.15, -0.1) is 0 Å². The topological polar surface area (TPSA) is 55.2 Å². The molecule has 0 aromatic heterocycles. The highest BCUT2D eigenvalue weighted by Gasteiger charge is 2.12. The summed E-state index contributed by atoms with van der Waals surface area (Å²) in [6, 6.07) is 3.42. The fourth-order valence-electron chi connectivity index (χ4n) is 1.42. The lowest BCUT2D eigenvalue weighted by Crippen LogP contribution is -2.01. The highest BCUT2D eigenvalue weighted by atomic mass is 16.6. The molecule has 1 rings (SSSR count). The average Bonchev–Trinajstić information content (AvgIpc) is 2.09. The molecule has 0 unspecified atom stereocenters. The van der Waals surface area contributed by atoms with Gasteiger partial charge >= 0.3 is 0 Å². The van der Waals surface area contributed by atoms with Gasteiger partial charge in [-0.2, -0.15) is 0 Å². The van der Waals surface area contributed by atoms with Crippen LogP contribution in [0.15, 0.2) is 12.1 Å². The molecule has 1 N–H and O–H groups in total. The van der Waals surface area contributed by atoms with Gasteiger partial charge in [0.25, 0.3) is 5.69 Å². The number of nitro groups is 1. The van der Waals surface area contributed by atoms with Crippen molar-refractivity contribution in [3.05, 3.63) is 33.4 Å². The quantitative estimate of drug-likeness (QED) is 0.594. The average molecular weight is 194 g/mol. The monoisotopic (exact) mass is 194 g/mol. The largest absolute Gasteiger partial charge is 0.385 e. The van der Waals surface area contributed by atoms with E-state index >= 15 is 0 Å². The lowest BCUT2D eigenvalue weighted by molar-refractivity contribution is -0.385. The summed E-state index contributed by atoms with van der Waals surface area (Å²) in [7, 11) is 0. The van der Waals surface area contributed by atoms with Crippen LogP contribution in [0.5, 0.6) is 0 Å². The van der Waals surface area contributed by atoms with Crippen molar-refractivity contribution in [1.82, 2.24) is 0 Å². The van der Waals surface area contributed by atoms with Gasteiger partial charge in [0.2, 0.25) is 0 Å². The molecule has 0 bridgehead atoms. The van der Waals surface area contributed by atoms with Gasteiger partial charge < -0.3 is 5.32 Å². The summed E-state index contributed by atoms with van der Waals surface area (Å²) in [5.41, 5.74) is 2.75. The van der Waals surface area contributed by atoms with Gasteiger partial charge in [0.15, 0.2) is 0 Å². The van der Waals surface area contributed by atoms with Gasteiger partial charge in [-0.3, -0.25) is 10.1 Å². The van der Waals surface area contributed by atoms with E-state index in [0.717, 1.165) is 17.8 Å². The standard InChI is InChI=1S/C10H14N2O2/c1-4-11-9-6-10(12(13)14)8(3)5-7(9)2/h5-6,11H,4H2,1-3H3. The Morgan fingerprint density at radius 1 is 1.36 bits per heavy atom. The summed E-state index contributed by atoms with van der Waals surface area (Å²) in [5.74, 6) is 0. The number of anilines is 1. The molecule has 4 nitrogen and oxygen atoms in total. The minimum atomic E-state index is -0.352. The van der Waals surface area contributed by atoms with E-state index in [0.29, 0.717) is 5.56 Å². The van der Waals surface area contributed by atoms with E-state index < -0.39 is 0 Å². The maximum atomic E-state index is 10.7. The van der Waals surface area contributed by atoms with Crippen LogP contribution in [0.25, 0.3) is 0 Å². The van der Waals surface area contributed by atoms with Crippen molar-refractivity contribution < 1.29 is 4.92 Å². The van der Waals surface area contributed by atoms with E-state index in [2.05, 4.69) is 5.32 Å². The van der Waals surface area contributed by atoms with Crippen molar-refractivity contribution in [3.63, 3.8) is 0 Å². The molecule has 1 aromatic rings. The molecule has 0 heterocycles. The molecule has 0 atom stereocenters. The van der Waals surface area contributed by atoms with Crippen LogP contribution in [-0.2, 0) is 0 Å². The second-order valence-corrected chi connectivity index (χ2v) is 3.24. The third-order valence-corrected chi connectivity index (χ3v) is 2.11. The first kappa shape index (κ1) is 10.5. The zero-order chi connectivity index (χ0) is 10.7. The molecule has 0 aliphatic heterocycles. The second kappa shape index (κ2) is 4.09. The highest BCUT2D eigenvalue weighted by Crippen LogP contribution is 2.25. The first-order valence-corrected chi connectivity index (χ1v) is 4.55. The number of aryl methyl sites for hydroxylation is 2. The predicted octanol–water partition coefficient (Wildman–Crippen LogP) is 2.64. The lowest BCUT2D eigenvalue weighted by Gasteiger charge is -2.08. The molecule has 1 aromatic carbocycles. The lowest BCUT2D eigenvalue weighted by atomic mass is 10.1. The summed E-state index contributed by atoms with van der Waals surface area (Å²) in [4.78, 5) is 10.3. The Bertz CT molecular complexity index is 361. The highest BCUT2D eigenvalue weighted by molar-refractivity contribution is 5.59. The molecule has 0 amide bonds. The Morgan fingerprint density at radius 2 is 2.00 bits per heavy atom. The number of benzene rings is 1. The molecule has 0 aliphatic rings. The minimum absolute atomic E-state index is 0.173. The van der Waals surface area contributed by atoms with Crippen molar-refractivity contribution in [3.8, 4) is 0 Å². The fourth-order valence-corrected chi connectivity index (χ4v) is 1.42. The maximum absolute atomic E-state index is 10.7. The van der Waals surface area contributed by atoms with E-state index in [1.165, 1.54) is 0 Å². The summed E-state index contributed by atoms with van der Waals surface area (Å²) in [5, 5.41) is 13.8. The molecule has 0 saturated heterocycles. The summed E-state index contributed by atoms with van der Waals surface area (Å²) in [6.07, 6.45) is 0. The van der Waals surface area contributed by atoms with Crippen LogP contribution in [0.4, 0.5) is 11.4 Å². The smallest absolute Gasteiger partial charge is 0.274 e. The van der Waals surface area contributed by atoms with Crippen LogP contribution in [-0.4, -0.2) is 11.5 Å². The third kappa shape index (κ3) is 2.02. The Balaban J connectivity index is 3.20. The number of hydrogen-bond donors (Lipinski definition) is 1. The van der Waals surface area contributed by atoms with E-state index in [-0.39, 0.29) is 10.6 Å². The molecule has 0 spiro atoms. The first-order valence-electron chi connectivity index (χ1n) is 4.55. The van der Waals surface area contributed by atoms with Crippen molar-refractivity contribution in [1.29, 1.82) is 0 Å². The molecule has 76 valence electrons. The van der Waals surface area contributed by atoms with E-state index in [9.17, 15) is 10.1 Å². The van der Waals surface area contributed by atoms with E-state index in [1.54, 1.807) is 13.0 Å². The van der Waals surface area contributed by atoms with Gasteiger partial charge in [0.05, 0.1) is 4.92 Å². The Hall–Kier alpha value is -1.58. The summed E-state index contributed by atoms with van der Waals surface area (Å²) in [6.45, 7) is 6.42. The summed E-state index contributed by atoms with van der Waals surface area (Å²) < 4.78 is 0. The van der Waals surface area contributed by atoms with Crippen LogP contribution in [0.3, 0.4) is 0 Å². The van der Waals surface area contributed by atoms with Crippen molar-refractivity contribution in [2.24, 2.45) is 0 Å². The fraction of sp³-hybridized carbons (Fsp3) is 0.400. The van der Waals surface area contributed by atoms with Crippen LogP contribution in [0.2, 0.25) is 0 Å². The zero-order valence-electron chi connectivity index (χ0n) is 8.63. The van der Waals surface area contributed by atoms with Gasteiger partial charge in [-0.25, -0.2) is 0 Å². The summed E-state index contributed by atoms with van der Waals surface area (Å²) >= 11 is 0. The normalized spacial score (nSPS) is 9.93. The van der Waals surface area contributed by atoms with Gasteiger partial charge in [0, 0.05) is 23.9 Å². The van der Waals surface area contributed by atoms with Crippen LogP contribution < -0.4 is 5.32 Å². The number of nitrogens with one attached hydrogen (secondary N) is 1. The molecule has 0 saturated carbocycles. The zero-order valence-corrected chi connectivity index (χ0v) is 8.63. The Kier molecular flexibility index (Phi) is 3.06. The van der Waals surface area contributed by atoms with Crippen LogP contribution in [0.1, 0.15) is 18.1 Å². The van der Waals surface area contributed by atoms with Crippen molar-refractivity contribution in [2.45, 2.75) is 20.8 Å². The van der Waals surface area contributed by atoms with Gasteiger partial charge in [-0.1, -0.05) is 0 Å². The van der Waals surface area contributed by atoms with Crippen LogP contribution in [0, 0.1) is 24.0 Å². The molecule has 0 fully saturated rings. The first-order chi connectivity index (χ1) is 6.56. The van der Waals surface area contributed by atoms with Crippen molar-refractivity contribution >= 4 is 11.4 Å². The van der Waals surface area contributed by atoms with Crippen molar-refractivity contribution in [2.75, 3.05) is 11.9 Å². The SMILES string of the molecule is CCNc1cc([N+](=O)[O-])c(C)cc1C. The Labute approximate surface area is 83.1 Å². The maximum Gasteiger partial charge on any atom is 0.274 e. The predicted molar refractivity (Wildman–Crippen MR) is 56.7 cm³/mol. The molecular weight excluding hydrogens is 180 g/mol. The van der Waals surface area contributed by atoms with Crippen LogP contribution >= 0.6 is 0 Å². The second-order valence-electron chi connectivity index (χ2n) is 3.24. The molecule has 0 aliphatic carbocycles. The number of nitrogens with zero attached hydrogens (tertiary/aromatic N) is 1. The van der Waals surface area contributed by atoms with Gasteiger partial charge in [-0.05, 0) is 32.4 Å². The number of hydrogen-bond acceptors (Lipinski definition) is 3. The number of rotatable bonds is 3. The number of nitro benzene ring substituents is 1. The van der Waals surface area contributed by atoms with Gasteiger partial charge in [0.1, 0.15) is 0 Å². The van der Waals surface area contributed by atoms with E-state index in [1.807, 2.05) is 19.9 Å². The molecule has 4 heteroatoms.